The standard InChI is InChI=1S/C21H22ClN5O2S/c1-14-16(22)6-4-7-17(14)23-21(30)25-24-19-15-5-2-3-8-18(15)27(20(19)28)13-26-9-11-29-12-10-26/h2-8,28H,9-13H2,1H3,(H,23,30). The maximum Gasteiger partial charge on any atom is 0.221 e. The second kappa shape index (κ2) is 9.09. The van der Waals surface area contributed by atoms with Crippen molar-refractivity contribution in [2.45, 2.75) is 13.6 Å². The number of hydrogen-bond acceptors (Lipinski definition) is 5. The number of azo groups is 1. The fraction of sp³-hybridized carbons (Fsp3) is 0.286. The van der Waals surface area contributed by atoms with Gasteiger partial charge in [0.1, 0.15) is 0 Å². The zero-order valence-electron chi connectivity index (χ0n) is 16.5. The molecule has 3 aromatic rings. The van der Waals surface area contributed by atoms with E-state index >= 15 is 0 Å². The predicted molar refractivity (Wildman–Crippen MR) is 123 cm³/mol. The number of hydrogen-bond donors (Lipinski definition) is 2. The average Bonchev–Trinajstić information content (AvgIpc) is 3.02. The normalized spacial score (nSPS) is 15.1. The van der Waals surface area contributed by atoms with E-state index in [1.54, 1.807) is 0 Å². The zero-order valence-corrected chi connectivity index (χ0v) is 18.1. The molecule has 0 unspecified atom stereocenters. The highest BCUT2D eigenvalue weighted by Crippen LogP contribution is 2.39. The summed E-state index contributed by atoms with van der Waals surface area (Å²) in [7, 11) is 0. The van der Waals surface area contributed by atoms with Crippen molar-refractivity contribution in [3.63, 3.8) is 0 Å². The Bertz CT molecular complexity index is 1110. The summed E-state index contributed by atoms with van der Waals surface area (Å²) in [6.45, 7) is 5.46. The third kappa shape index (κ3) is 4.32. The van der Waals surface area contributed by atoms with Crippen LogP contribution in [0, 0.1) is 6.92 Å². The van der Waals surface area contributed by atoms with Crippen LogP contribution >= 0.6 is 23.8 Å². The molecule has 1 aliphatic heterocycles. The Kier molecular flexibility index (Phi) is 6.29. The molecule has 0 spiro atoms. The van der Waals surface area contributed by atoms with E-state index in [0.717, 1.165) is 35.2 Å². The highest BCUT2D eigenvalue weighted by atomic mass is 35.5. The third-order valence-electron chi connectivity index (χ3n) is 5.11. The first kappa shape index (κ1) is 20.7. The zero-order chi connectivity index (χ0) is 21.1. The van der Waals surface area contributed by atoms with E-state index in [1.807, 2.05) is 54.0 Å². The van der Waals surface area contributed by atoms with Crippen LogP contribution in [0.1, 0.15) is 5.56 Å². The van der Waals surface area contributed by atoms with Crippen molar-refractivity contribution in [2.75, 3.05) is 31.6 Å². The minimum absolute atomic E-state index is 0.0631. The van der Waals surface area contributed by atoms with Crippen molar-refractivity contribution in [3.05, 3.63) is 53.1 Å². The van der Waals surface area contributed by atoms with Gasteiger partial charge >= 0.3 is 0 Å². The van der Waals surface area contributed by atoms with Crippen LogP contribution in [0.25, 0.3) is 10.9 Å². The van der Waals surface area contributed by atoms with Crippen LogP contribution in [0.2, 0.25) is 5.02 Å². The van der Waals surface area contributed by atoms with Gasteiger partial charge in [-0.2, -0.15) is 0 Å². The Morgan fingerprint density at radius 2 is 1.97 bits per heavy atom. The first-order chi connectivity index (χ1) is 14.5. The number of halogens is 1. The number of nitrogens with one attached hydrogen (secondary N) is 1. The van der Waals surface area contributed by atoms with E-state index in [2.05, 4.69) is 20.4 Å². The Labute approximate surface area is 184 Å². The summed E-state index contributed by atoms with van der Waals surface area (Å²) in [5.74, 6) is 0.0631. The molecule has 0 atom stereocenters. The number of anilines is 1. The minimum atomic E-state index is 0.0631. The number of ether oxygens (including phenoxy) is 1. The molecule has 30 heavy (non-hydrogen) atoms. The number of aromatic nitrogens is 1. The van der Waals surface area contributed by atoms with Crippen LogP contribution in [-0.4, -0.2) is 46.0 Å². The van der Waals surface area contributed by atoms with Crippen LogP contribution in [0.15, 0.2) is 52.7 Å². The van der Waals surface area contributed by atoms with Crippen LogP contribution in [0.4, 0.5) is 11.4 Å². The first-order valence-electron chi connectivity index (χ1n) is 9.62. The van der Waals surface area contributed by atoms with Gasteiger partial charge in [-0.25, -0.2) is 0 Å². The molecular formula is C21H22ClN5O2S. The van der Waals surface area contributed by atoms with Crippen LogP contribution in [-0.2, 0) is 11.4 Å². The summed E-state index contributed by atoms with van der Waals surface area (Å²) in [5, 5.41) is 24.0. The minimum Gasteiger partial charge on any atom is -0.493 e. The number of nitrogens with zero attached hydrogens (tertiary/aromatic N) is 4. The van der Waals surface area contributed by atoms with Crippen molar-refractivity contribution in [1.82, 2.24) is 9.47 Å². The quantitative estimate of drug-likeness (QED) is 0.434. The average molecular weight is 444 g/mol. The molecule has 0 aliphatic carbocycles. The van der Waals surface area contributed by atoms with Crippen molar-refractivity contribution < 1.29 is 9.84 Å². The van der Waals surface area contributed by atoms with Gasteiger partial charge in [0.05, 0.1) is 25.4 Å². The highest BCUT2D eigenvalue weighted by molar-refractivity contribution is 7.80. The van der Waals surface area contributed by atoms with Crippen molar-refractivity contribution in [3.8, 4) is 5.88 Å². The Hall–Kier alpha value is -2.52. The smallest absolute Gasteiger partial charge is 0.221 e. The van der Waals surface area contributed by atoms with Gasteiger partial charge in [-0.15, -0.1) is 10.2 Å². The fourth-order valence-corrected chi connectivity index (χ4v) is 3.76. The SMILES string of the molecule is Cc1c(Cl)cccc1NC(=S)N=Nc1c(O)n(CN2CCOCC2)c2ccccc12. The van der Waals surface area contributed by atoms with Gasteiger partial charge in [0.2, 0.25) is 11.0 Å². The van der Waals surface area contributed by atoms with Crippen molar-refractivity contribution in [2.24, 2.45) is 10.2 Å². The molecule has 1 fully saturated rings. The molecule has 0 amide bonds. The number of para-hydroxylation sites is 1. The maximum absolute atomic E-state index is 10.9. The maximum atomic E-state index is 10.9. The second-order valence-corrected chi connectivity index (χ2v) is 7.83. The van der Waals surface area contributed by atoms with Crippen LogP contribution < -0.4 is 5.32 Å². The monoisotopic (exact) mass is 443 g/mol. The molecule has 9 heteroatoms. The lowest BCUT2D eigenvalue weighted by Gasteiger charge is -2.27. The number of morpholine rings is 1. The summed E-state index contributed by atoms with van der Waals surface area (Å²) in [6, 6.07) is 13.2. The van der Waals surface area contributed by atoms with Gasteiger partial charge in [-0.3, -0.25) is 9.47 Å². The molecule has 7 nitrogen and oxygen atoms in total. The molecule has 4 rings (SSSR count). The third-order valence-corrected chi connectivity index (χ3v) is 5.71. The lowest BCUT2D eigenvalue weighted by Crippen LogP contribution is -2.37. The molecule has 0 radical (unpaired) electrons. The lowest BCUT2D eigenvalue weighted by molar-refractivity contribution is 0.0231. The van der Waals surface area contributed by atoms with E-state index in [0.29, 0.717) is 30.6 Å². The van der Waals surface area contributed by atoms with E-state index in [4.69, 9.17) is 28.6 Å². The lowest BCUT2D eigenvalue weighted by atomic mass is 10.2. The Balaban J connectivity index is 1.59. The summed E-state index contributed by atoms with van der Waals surface area (Å²) in [5.41, 5.74) is 2.93. The summed E-state index contributed by atoms with van der Waals surface area (Å²) < 4.78 is 7.25. The van der Waals surface area contributed by atoms with Gasteiger partial charge in [0, 0.05) is 29.2 Å². The predicted octanol–water partition coefficient (Wildman–Crippen LogP) is 5.08. The van der Waals surface area contributed by atoms with Gasteiger partial charge < -0.3 is 15.2 Å². The van der Waals surface area contributed by atoms with Gasteiger partial charge in [0.15, 0.2) is 5.69 Å². The van der Waals surface area contributed by atoms with E-state index in [-0.39, 0.29) is 11.0 Å². The fourth-order valence-electron chi connectivity index (χ4n) is 3.43. The Morgan fingerprint density at radius 3 is 2.77 bits per heavy atom. The van der Waals surface area contributed by atoms with Crippen LogP contribution in [0.3, 0.4) is 0 Å². The highest BCUT2D eigenvalue weighted by Gasteiger charge is 2.19. The topological polar surface area (TPSA) is 74.4 Å². The molecular weight excluding hydrogens is 422 g/mol. The largest absolute Gasteiger partial charge is 0.493 e. The van der Waals surface area contributed by atoms with Gasteiger partial charge in [-0.05, 0) is 42.9 Å². The molecule has 2 aromatic carbocycles. The van der Waals surface area contributed by atoms with E-state index in [9.17, 15) is 5.11 Å². The molecule has 1 aliphatic rings. The van der Waals surface area contributed by atoms with Gasteiger partial charge in [0.25, 0.3) is 0 Å². The number of rotatable bonds is 4. The number of benzene rings is 2. The molecule has 0 saturated carbocycles. The molecule has 2 heterocycles. The molecule has 156 valence electrons. The summed E-state index contributed by atoms with van der Waals surface area (Å²) in [4.78, 5) is 2.23. The second-order valence-electron chi connectivity index (χ2n) is 7.03. The molecule has 0 bridgehead atoms. The molecule has 1 aromatic heterocycles. The van der Waals surface area contributed by atoms with E-state index < -0.39 is 0 Å². The molecule has 2 N–H and O–H groups in total. The number of fused-ring (bicyclic) bond motifs is 1. The summed E-state index contributed by atoms with van der Waals surface area (Å²) >= 11 is 11.5. The van der Waals surface area contributed by atoms with Gasteiger partial charge in [-0.1, -0.05) is 35.9 Å². The van der Waals surface area contributed by atoms with Crippen LogP contribution in [0.5, 0.6) is 5.88 Å². The number of thiocarbonyl (C=S) groups is 1. The Morgan fingerprint density at radius 1 is 1.20 bits per heavy atom. The first-order valence-corrected chi connectivity index (χ1v) is 10.4. The van der Waals surface area contributed by atoms with Crippen molar-refractivity contribution >= 4 is 51.2 Å². The van der Waals surface area contributed by atoms with E-state index in [1.165, 1.54) is 0 Å². The summed E-state index contributed by atoms with van der Waals surface area (Å²) in [6.07, 6.45) is 0. The number of aromatic hydroxyl groups is 1. The molecule has 1 saturated heterocycles. The van der Waals surface area contributed by atoms with Crippen molar-refractivity contribution in [1.29, 1.82) is 0 Å².